The zero-order valence-corrected chi connectivity index (χ0v) is 16.0. The molecule has 0 aliphatic rings. The van der Waals surface area contributed by atoms with Crippen LogP contribution in [0.1, 0.15) is 61.3 Å². The number of nitrogens with one attached hydrogen (secondary N) is 1. The predicted octanol–water partition coefficient (Wildman–Crippen LogP) is 2.29. The molecular weight excluding hydrogens is 330 g/mol. The Labute approximate surface area is 148 Å². The molecule has 144 valence electrons. The number of rotatable bonds is 7. The van der Waals surface area contributed by atoms with Crippen molar-refractivity contribution in [3.8, 4) is 0 Å². The molecule has 0 aliphatic carbocycles. The summed E-state index contributed by atoms with van der Waals surface area (Å²) in [5.74, 6) is -3.57. The van der Waals surface area contributed by atoms with Crippen LogP contribution in [0.5, 0.6) is 0 Å². The van der Waals surface area contributed by atoms with E-state index in [9.17, 15) is 19.2 Å². The molecule has 8 nitrogen and oxygen atoms in total. The first-order chi connectivity index (χ1) is 11.1. The van der Waals surface area contributed by atoms with Crippen molar-refractivity contribution in [3.05, 3.63) is 0 Å². The third kappa shape index (κ3) is 11.1. The molecular formula is C17H29NO7. The predicted molar refractivity (Wildman–Crippen MR) is 90.0 cm³/mol. The van der Waals surface area contributed by atoms with Crippen LogP contribution in [0.2, 0.25) is 0 Å². The van der Waals surface area contributed by atoms with Gasteiger partial charge in [-0.05, 0) is 48.5 Å². The van der Waals surface area contributed by atoms with Crippen LogP contribution in [-0.4, -0.2) is 46.2 Å². The summed E-state index contributed by atoms with van der Waals surface area (Å²) in [6.45, 7) is 11.4. The Bertz CT molecular complexity index is 514. The van der Waals surface area contributed by atoms with Gasteiger partial charge in [0, 0.05) is 6.42 Å². The first-order valence-corrected chi connectivity index (χ1v) is 8.07. The van der Waals surface area contributed by atoms with Crippen molar-refractivity contribution in [2.24, 2.45) is 5.92 Å². The lowest BCUT2D eigenvalue weighted by molar-refractivity contribution is -0.164. The summed E-state index contributed by atoms with van der Waals surface area (Å²) >= 11 is 0. The van der Waals surface area contributed by atoms with E-state index < -0.39 is 53.4 Å². The molecule has 2 atom stereocenters. The van der Waals surface area contributed by atoms with E-state index >= 15 is 0 Å². The van der Waals surface area contributed by atoms with Gasteiger partial charge in [0.25, 0.3) is 0 Å². The van der Waals surface area contributed by atoms with Crippen molar-refractivity contribution >= 4 is 23.8 Å². The second kappa shape index (κ2) is 8.82. The number of aliphatic carboxylic acids is 1. The number of ketones is 1. The first-order valence-electron chi connectivity index (χ1n) is 8.07. The smallest absolute Gasteiger partial charge is 0.408 e. The van der Waals surface area contributed by atoms with Crippen LogP contribution < -0.4 is 5.32 Å². The SMILES string of the molecule is C[C@H](NC(=O)OC(C)(C)C)C(=O)C[C@@H](CC(=O)O)C(=O)OC(C)(C)C. The second-order valence-corrected chi connectivity index (χ2v) is 7.87. The maximum atomic E-state index is 12.2. The number of alkyl carbamates (subject to hydrolysis) is 1. The van der Waals surface area contributed by atoms with Gasteiger partial charge >= 0.3 is 18.0 Å². The summed E-state index contributed by atoms with van der Waals surface area (Å²) in [7, 11) is 0. The number of Topliss-reactive ketones (excluding diaryl/α,β-unsaturated/α-hetero) is 1. The minimum atomic E-state index is -1.21. The van der Waals surface area contributed by atoms with E-state index in [-0.39, 0.29) is 6.42 Å². The van der Waals surface area contributed by atoms with Crippen molar-refractivity contribution in [3.63, 3.8) is 0 Å². The number of hydrogen-bond donors (Lipinski definition) is 2. The molecule has 8 heteroatoms. The maximum Gasteiger partial charge on any atom is 0.408 e. The standard InChI is InChI=1S/C17H29NO7/c1-10(18-15(23)25-17(5,6)7)12(19)8-11(9-13(20)21)14(22)24-16(2,3)4/h10-11H,8-9H2,1-7H3,(H,18,23)(H,20,21)/t10-,11-/m0/s1. The lowest BCUT2D eigenvalue weighted by Gasteiger charge is -2.24. The zero-order valence-electron chi connectivity index (χ0n) is 16.0. The van der Waals surface area contributed by atoms with E-state index in [0.29, 0.717) is 0 Å². The van der Waals surface area contributed by atoms with Gasteiger partial charge in [0.1, 0.15) is 11.2 Å². The third-order valence-corrected chi connectivity index (χ3v) is 2.82. The molecule has 0 unspecified atom stereocenters. The largest absolute Gasteiger partial charge is 0.481 e. The average Bonchev–Trinajstić information content (AvgIpc) is 2.32. The second-order valence-electron chi connectivity index (χ2n) is 7.87. The van der Waals surface area contributed by atoms with Crippen LogP contribution >= 0.6 is 0 Å². The molecule has 0 bridgehead atoms. The number of amides is 1. The minimum Gasteiger partial charge on any atom is -0.481 e. The van der Waals surface area contributed by atoms with Crippen LogP contribution in [0, 0.1) is 5.92 Å². The van der Waals surface area contributed by atoms with Gasteiger partial charge in [-0.25, -0.2) is 4.79 Å². The number of carbonyl (C=O) groups excluding carboxylic acids is 3. The van der Waals surface area contributed by atoms with Crippen LogP contribution in [0.4, 0.5) is 4.79 Å². The Hall–Kier alpha value is -2.12. The van der Waals surface area contributed by atoms with Gasteiger partial charge in [-0.2, -0.15) is 0 Å². The molecule has 1 amide bonds. The summed E-state index contributed by atoms with van der Waals surface area (Å²) in [6.07, 6.45) is -1.64. The molecule has 2 N–H and O–H groups in total. The molecule has 0 radical (unpaired) electrons. The van der Waals surface area contributed by atoms with Gasteiger partial charge in [-0.15, -0.1) is 0 Å². The molecule has 0 saturated heterocycles. The van der Waals surface area contributed by atoms with Crippen LogP contribution in [0.25, 0.3) is 0 Å². The molecule has 0 saturated carbocycles. The lowest BCUT2D eigenvalue weighted by atomic mass is 9.96. The molecule has 0 spiro atoms. The van der Waals surface area contributed by atoms with E-state index in [2.05, 4.69) is 5.32 Å². The van der Waals surface area contributed by atoms with Crippen molar-refractivity contribution in [1.82, 2.24) is 5.32 Å². The highest BCUT2D eigenvalue weighted by Crippen LogP contribution is 2.18. The van der Waals surface area contributed by atoms with Gasteiger partial charge in [0.2, 0.25) is 0 Å². The molecule has 25 heavy (non-hydrogen) atoms. The number of ether oxygens (including phenoxy) is 2. The summed E-state index contributed by atoms with van der Waals surface area (Å²) in [5, 5.41) is 11.3. The highest BCUT2D eigenvalue weighted by atomic mass is 16.6. The van der Waals surface area contributed by atoms with E-state index in [1.807, 2.05) is 0 Å². The van der Waals surface area contributed by atoms with Crippen LogP contribution in [0.3, 0.4) is 0 Å². The number of hydrogen-bond acceptors (Lipinski definition) is 6. The van der Waals surface area contributed by atoms with Crippen molar-refractivity contribution in [1.29, 1.82) is 0 Å². The van der Waals surface area contributed by atoms with Gasteiger partial charge < -0.3 is 19.9 Å². The summed E-state index contributed by atoms with van der Waals surface area (Å²) in [5.41, 5.74) is -1.51. The molecule has 0 aliphatic heterocycles. The fraction of sp³-hybridized carbons (Fsp3) is 0.765. The Morgan fingerprint density at radius 1 is 0.920 bits per heavy atom. The van der Waals surface area contributed by atoms with Gasteiger partial charge in [0.15, 0.2) is 5.78 Å². The number of carboxylic acid groups (broad SMARTS) is 1. The van der Waals surface area contributed by atoms with Gasteiger partial charge in [-0.3, -0.25) is 14.4 Å². The van der Waals surface area contributed by atoms with Gasteiger partial charge in [-0.1, -0.05) is 0 Å². The molecule has 0 rings (SSSR count). The molecule has 0 aromatic rings. The van der Waals surface area contributed by atoms with Crippen molar-refractivity contribution in [2.75, 3.05) is 0 Å². The van der Waals surface area contributed by atoms with Crippen molar-refractivity contribution in [2.45, 2.75) is 78.6 Å². The third-order valence-electron chi connectivity index (χ3n) is 2.82. The maximum absolute atomic E-state index is 12.2. The first kappa shape index (κ1) is 22.9. The molecule has 0 fully saturated rings. The lowest BCUT2D eigenvalue weighted by Crippen LogP contribution is -2.43. The molecule has 0 heterocycles. The summed E-state index contributed by atoms with van der Waals surface area (Å²) in [4.78, 5) is 47.0. The quantitative estimate of drug-likeness (QED) is 0.669. The highest BCUT2D eigenvalue weighted by molar-refractivity contribution is 5.91. The van der Waals surface area contributed by atoms with E-state index in [1.165, 1.54) is 6.92 Å². The summed E-state index contributed by atoms with van der Waals surface area (Å²) < 4.78 is 10.2. The normalized spacial score (nSPS) is 14.2. The average molecular weight is 359 g/mol. The highest BCUT2D eigenvalue weighted by Gasteiger charge is 2.31. The van der Waals surface area contributed by atoms with E-state index in [0.717, 1.165) is 0 Å². The monoisotopic (exact) mass is 359 g/mol. The minimum absolute atomic E-state index is 0.349. The number of carboxylic acids is 1. The topological polar surface area (TPSA) is 119 Å². The molecule has 0 aromatic heterocycles. The fourth-order valence-electron chi connectivity index (χ4n) is 1.82. The number of esters is 1. The Kier molecular flexibility index (Phi) is 8.08. The van der Waals surface area contributed by atoms with E-state index in [1.54, 1.807) is 41.5 Å². The van der Waals surface area contributed by atoms with Gasteiger partial charge in [0.05, 0.1) is 18.4 Å². The Balaban J connectivity index is 4.87. The fourth-order valence-corrected chi connectivity index (χ4v) is 1.82. The molecule has 0 aromatic carbocycles. The van der Waals surface area contributed by atoms with Crippen LogP contribution in [0.15, 0.2) is 0 Å². The number of carbonyl (C=O) groups is 4. The Morgan fingerprint density at radius 2 is 1.40 bits per heavy atom. The Morgan fingerprint density at radius 3 is 1.80 bits per heavy atom. The van der Waals surface area contributed by atoms with E-state index in [4.69, 9.17) is 14.6 Å². The van der Waals surface area contributed by atoms with Crippen LogP contribution in [-0.2, 0) is 23.9 Å². The van der Waals surface area contributed by atoms with Crippen molar-refractivity contribution < 1.29 is 33.8 Å². The zero-order chi connectivity index (χ0) is 20.0. The summed E-state index contributed by atoms with van der Waals surface area (Å²) in [6, 6.07) is -0.923.